The summed E-state index contributed by atoms with van der Waals surface area (Å²) < 4.78 is 5.49. The first-order valence-corrected chi connectivity index (χ1v) is 7.45. The molecule has 6 heteroatoms. The fourth-order valence-electron chi connectivity index (χ4n) is 2.26. The Hall–Kier alpha value is -1.66. The highest BCUT2D eigenvalue weighted by molar-refractivity contribution is 7.80. The van der Waals surface area contributed by atoms with Crippen molar-refractivity contribution >= 4 is 23.1 Å². The Kier molecular flexibility index (Phi) is 5.52. The summed E-state index contributed by atoms with van der Waals surface area (Å²) >= 11 is 4.88. The Morgan fingerprint density at radius 2 is 2.05 bits per heavy atom. The molecule has 21 heavy (non-hydrogen) atoms. The quantitative estimate of drug-likeness (QED) is 0.737. The third-order valence-corrected chi connectivity index (χ3v) is 3.91. The number of rotatable bonds is 7. The van der Waals surface area contributed by atoms with Gasteiger partial charge in [-0.25, -0.2) is 0 Å². The number of thiocarbonyl (C=S) groups is 1. The molecule has 114 valence electrons. The first kappa shape index (κ1) is 15.7. The van der Waals surface area contributed by atoms with Crippen LogP contribution < -0.4 is 10.5 Å². The van der Waals surface area contributed by atoms with Crippen molar-refractivity contribution in [1.29, 1.82) is 0 Å². The van der Waals surface area contributed by atoms with Crippen molar-refractivity contribution in [2.24, 2.45) is 5.73 Å². The molecule has 2 rings (SSSR count). The normalized spacial score (nSPS) is 14.3. The maximum atomic E-state index is 12.2. The van der Waals surface area contributed by atoms with Gasteiger partial charge in [-0.15, -0.1) is 0 Å². The SMILES string of the molecule is NC(=S)c1ccc(OCC(=O)N(CCO)C2CCC2)cc1. The van der Waals surface area contributed by atoms with Gasteiger partial charge in [-0.05, 0) is 43.5 Å². The summed E-state index contributed by atoms with van der Waals surface area (Å²) in [4.78, 5) is 14.2. The molecule has 1 aliphatic rings. The van der Waals surface area contributed by atoms with E-state index in [1.807, 2.05) is 0 Å². The van der Waals surface area contributed by atoms with Gasteiger partial charge in [0.25, 0.3) is 5.91 Å². The molecule has 0 bridgehead atoms. The van der Waals surface area contributed by atoms with Gasteiger partial charge < -0.3 is 20.5 Å². The van der Waals surface area contributed by atoms with E-state index in [0.717, 1.165) is 24.8 Å². The number of ether oxygens (including phenoxy) is 1. The van der Waals surface area contributed by atoms with Crippen LogP contribution in [0.2, 0.25) is 0 Å². The zero-order valence-electron chi connectivity index (χ0n) is 11.8. The van der Waals surface area contributed by atoms with E-state index in [1.54, 1.807) is 29.2 Å². The van der Waals surface area contributed by atoms with E-state index in [0.29, 0.717) is 17.3 Å². The van der Waals surface area contributed by atoms with Crippen LogP contribution in [-0.4, -0.2) is 46.7 Å². The molecule has 1 aliphatic carbocycles. The van der Waals surface area contributed by atoms with Gasteiger partial charge in [0.05, 0.1) is 6.61 Å². The average molecular weight is 308 g/mol. The fourth-order valence-corrected chi connectivity index (χ4v) is 2.40. The van der Waals surface area contributed by atoms with Crippen molar-refractivity contribution in [3.05, 3.63) is 29.8 Å². The number of hydrogen-bond acceptors (Lipinski definition) is 4. The van der Waals surface area contributed by atoms with Crippen molar-refractivity contribution in [1.82, 2.24) is 4.90 Å². The molecule has 1 fully saturated rings. The number of aliphatic hydroxyl groups is 1. The Morgan fingerprint density at radius 3 is 2.52 bits per heavy atom. The monoisotopic (exact) mass is 308 g/mol. The molecule has 1 amide bonds. The summed E-state index contributed by atoms with van der Waals surface area (Å²) in [5, 5.41) is 9.06. The molecule has 1 aromatic carbocycles. The lowest BCUT2D eigenvalue weighted by atomic mass is 9.91. The number of benzene rings is 1. The van der Waals surface area contributed by atoms with Crippen LogP contribution in [0.3, 0.4) is 0 Å². The van der Waals surface area contributed by atoms with Gasteiger partial charge in [0, 0.05) is 18.2 Å². The topological polar surface area (TPSA) is 75.8 Å². The summed E-state index contributed by atoms with van der Waals surface area (Å²) in [6.45, 7) is 0.320. The maximum absolute atomic E-state index is 12.2. The number of amides is 1. The first-order chi connectivity index (χ1) is 10.1. The minimum atomic E-state index is -0.0906. The van der Waals surface area contributed by atoms with E-state index >= 15 is 0 Å². The first-order valence-electron chi connectivity index (χ1n) is 7.05. The van der Waals surface area contributed by atoms with Gasteiger partial charge >= 0.3 is 0 Å². The van der Waals surface area contributed by atoms with Gasteiger partial charge in [-0.1, -0.05) is 12.2 Å². The molecule has 0 atom stereocenters. The lowest BCUT2D eigenvalue weighted by molar-refractivity contribution is -0.138. The molecule has 0 unspecified atom stereocenters. The van der Waals surface area contributed by atoms with Crippen molar-refractivity contribution in [3.63, 3.8) is 0 Å². The highest BCUT2D eigenvalue weighted by Crippen LogP contribution is 2.24. The maximum Gasteiger partial charge on any atom is 0.260 e. The van der Waals surface area contributed by atoms with Crippen LogP contribution in [0.5, 0.6) is 5.75 Å². The van der Waals surface area contributed by atoms with Crippen LogP contribution in [0, 0.1) is 0 Å². The van der Waals surface area contributed by atoms with E-state index in [2.05, 4.69) is 0 Å². The van der Waals surface area contributed by atoms with E-state index < -0.39 is 0 Å². The van der Waals surface area contributed by atoms with Gasteiger partial charge in [0.1, 0.15) is 10.7 Å². The molecular weight excluding hydrogens is 288 g/mol. The second-order valence-corrected chi connectivity index (χ2v) is 5.51. The van der Waals surface area contributed by atoms with Crippen molar-refractivity contribution < 1.29 is 14.6 Å². The van der Waals surface area contributed by atoms with Crippen LogP contribution in [0.4, 0.5) is 0 Å². The van der Waals surface area contributed by atoms with Crippen molar-refractivity contribution in [3.8, 4) is 5.75 Å². The highest BCUT2D eigenvalue weighted by atomic mass is 32.1. The summed E-state index contributed by atoms with van der Waals surface area (Å²) in [7, 11) is 0. The van der Waals surface area contributed by atoms with E-state index in [9.17, 15) is 4.79 Å². The molecule has 5 nitrogen and oxygen atoms in total. The molecule has 0 heterocycles. The molecule has 1 saturated carbocycles. The molecule has 0 aliphatic heterocycles. The van der Waals surface area contributed by atoms with Crippen LogP contribution in [-0.2, 0) is 4.79 Å². The third-order valence-electron chi connectivity index (χ3n) is 3.68. The molecule has 3 N–H and O–H groups in total. The molecule has 1 aromatic rings. The fraction of sp³-hybridized carbons (Fsp3) is 0.467. The van der Waals surface area contributed by atoms with Gasteiger partial charge in [-0.2, -0.15) is 0 Å². The minimum absolute atomic E-state index is 0.0229. The van der Waals surface area contributed by atoms with Gasteiger partial charge in [0.15, 0.2) is 6.61 Å². The predicted molar refractivity (Wildman–Crippen MR) is 84.3 cm³/mol. The standard InChI is InChI=1S/C15H20N2O3S/c16-15(21)11-4-6-13(7-5-11)20-10-14(19)17(8-9-18)12-2-1-3-12/h4-7,12,18H,1-3,8-10H2,(H2,16,21). The number of hydrogen-bond donors (Lipinski definition) is 2. The van der Waals surface area contributed by atoms with E-state index in [1.165, 1.54) is 0 Å². The van der Waals surface area contributed by atoms with Crippen LogP contribution in [0.15, 0.2) is 24.3 Å². The second-order valence-electron chi connectivity index (χ2n) is 5.07. The molecule has 0 radical (unpaired) electrons. The lowest BCUT2D eigenvalue weighted by Crippen LogP contribution is -2.47. The van der Waals surface area contributed by atoms with E-state index in [4.69, 9.17) is 27.8 Å². The molecule has 0 spiro atoms. The van der Waals surface area contributed by atoms with Gasteiger partial charge in [0.2, 0.25) is 0 Å². The smallest absolute Gasteiger partial charge is 0.260 e. The number of aliphatic hydroxyl groups excluding tert-OH is 1. The Balaban J connectivity index is 1.88. The summed E-state index contributed by atoms with van der Waals surface area (Å²) in [5.74, 6) is 0.507. The Bertz CT molecular complexity index is 500. The third kappa shape index (κ3) is 4.15. The minimum Gasteiger partial charge on any atom is -0.484 e. The van der Waals surface area contributed by atoms with Crippen LogP contribution >= 0.6 is 12.2 Å². The average Bonchev–Trinajstić information content (AvgIpc) is 2.43. The van der Waals surface area contributed by atoms with E-state index in [-0.39, 0.29) is 25.2 Å². The molecular formula is C15H20N2O3S. The van der Waals surface area contributed by atoms with Crippen LogP contribution in [0.1, 0.15) is 24.8 Å². The van der Waals surface area contributed by atoms with Crippen molar-refractivity contribution in [2.75, 3.05) is 19.8 Å². The summed E-state index contributed by atoms with van der Waals surface area (Å²) in [6, 6.07) is 7.26. The summed E-state index contributed by atoms with van der Waals surface area (Å²) in [5.41, 5.74) is 6.28. The van der Waals surface area contributed by atoms with Gasteiger partial charge in [-0.3, -0.25) is 4.79 Å². The number of nitrogens with two attached hydrogens (primary N) is 1. The second kappa shape index (κ2) is 7.38. The number of carbonyl (C=O) groups is 1. The zero-order valence-corrected chi connectivity index (χ0v) is 12.6. The Labute approximate surface area is 129 Å². The lowest BCUT2D eigenvalue weighted by Gasteiger charge is -2.37. The number of nitrogens with zero attached hydrogens (tertiary/aromatic N) is 1. The Morgan fingerprint density at radius 1 is 1.38 bits per heavy atom. The zero-order chi connectivity index (χ0) is 15.2. The largest absolute Gasteiger partial charge is 0.484 e. The molecule has 0 aromatic heterocycles. The molecule has 0 saturated heterocycles. The van der Waals surface area contributed by atoms with Crippen LogP contribution in [0.25, 0.3) is 0 Å². The number of carbonyl (C=O) groups excluding carboxylic acids is 1. The van der Waals surface area contributed by atoms with Crippen molar-refractivity contribution in [2.45, 2.75) is 25.3 Å². The summed E-state index contributed by atoms with van der Waals surface area (Å²) in [6.07, 6.45) is 3.16. The highest BCUT2D eigenvalue weighted by Gasteiger charge is 2.28. The predicted octanol–water partition coefficient (Wildman–Crippen LogP) is 1.07.